The fraction of sp³-hybridized carbons (Fsp3) is 0.381. The first kappa shape index (κ1) is 20.9. The third-order valence-electron chi connectivity index (χ3n) is 5.35. The molecule has 1 aromatic heterocycles. The summed E-state index contributed by atoms with van der Waals surface area (Å²) in [5.41, 5.74) is 1.42. The second-order valence-corrected chi connectivity index (χ2v) is 9.80. The van der Waals surface area contributed by atoms with Crippen LogP contribution in [0.2, 0.25) is 0 Å². The van der Waals surface area contributed by atoms with E-state index < -0.39 is 0 Å². The number of benzene rings is 1. The molecule has 2 aliphatic heterocycles. The summed E-state index contributed by atoms with van der Waals surface area (Å²) < 4.78 is 6.41. The molecule has 158 valence electrons. The van der Waals surface area contributed by atoms with Gasteiger partial charge in [-0.25, -0.2) is 0 Å². The number of amides is 3. The molecule has 0 aliphatic carbocycles. The average molecular weight is 492 g/mol. The summed E-state index contributed by atoms with van der Waals surface area (Å²) in [7, 11) is 1.56. The molecule has 0 spiro atoms. The molecule has 0 bridgehead atoms. The minimum Gasteiger partial charge on any atom is -0.494 e. The number of hydrogen-bond acceptors (Lipinski definition) is 5. The first-order valence-electron chi connectivity index (χ1n) is 9.81. The molecule has 1 aromatic carbocycles. The lowest BCUT2D eigenvalue weighted by Crippen LogP contribution is -2.37. The molecule has 2 aromatic rings. The van der Waals surface area contributed by atoms with Gasteiger partial charge in [-0.1, -0.05) is 0 Å². The zero-order valence-electron chi connectivity index (χ0n) is 16.5. The molecule has 30 heavy (non-hydrogen) atoms. The van der Waals surface area contributed by atoms with Crippen LogP contribution in [0.1, 0.15) is 35.4 Å². The Morgan fingerprint density at radius 2 is 2.00 bits per heavy atom. The summed E-state index contributed by atoms with van der Waals surface area (Å²) >= 11 is 4.71. The van der Waals surface area contributed by atoms with Crippen LogP contribution in [0.5, 0.6) is 5.75 Å². The van der Waals surface area contributed by atoms with Gasteiger partial charge in [-0.2, -0.15) is 0 Å². The molecule has 1 atom stereocenters. The Labute approximate surface area is 187 Å². The molecule has 9 heteroatoms. The van der Waals surface area contributed by atoms with Gasteiger partial charge < -0.3 is 19.9 Å². The second-order valence-electron chi connectivity index (χ2n) is 7.34. The monoisotopic (exact) mass is 491 g/mol. The number of rotatable bonds is 5. The highest BCUT2D eigenvalue weighted by molar-refractivity contribution is 9.11. The highest BCUT2D eigenvalue weighted by Gasteiger charge is 2.33. The number of anilines is 2. The Balaban J connectivity index is 1.49. The number of ether oxygens (including phenoxy) is 1. The Morgan fingerprint density at radius 1 is 1.17 bits per heavy atom. The fourth-order valence-electron chi connectivity index (χ4n) is 3.86. The number of thiophene rings is 1. The van der Waals surface area contributed by atoms with Crippen LogP contribution in [0, 0.1) is 0 Å². The molecule has 7 nitrogen and oxygen atoms in total. The van der Waals surface area contributed by atoms with Crippen LogP contribution in [0.4, 0.5) is 11.4 Å². The highest BCUT2D eigenvalue weighted by Crippen LogP contribution is 2.35. The molecular formula is C21H22BrN3O4S. The van der Waals surface area contributed by atoms with Gasteiger partial charge >= 0.3 is 0 Å². The summed E-state index contributed by atoms with van der Waals surface area (Å²) in [5.74, 6) is 0.414. The van der Waals surface area contributed by atoms with Crippen LogP contribution in [0.3, 0.4) is 0 Å². The van der Waals surface area contributed by atoms with Crippen molar-refractivity contribution < 1.29 is 19.1 Å². The van der Waals surface area contributed by atoms with E-state index in [9.17, 15) is 14.4 Å². The summed E-state index contributed by atoms with van der Waals surface area (Å²) in [5, 5.41) is 2.94. The van der Waals surface area contributed by atoms with Crippen molar-refractivity contribution in [2.75, 3.05) is 30.0 Å². The lowest BCUT2D eigenvalue weighted by molar-refractivity contribution is -0.119. The van der Waals surface area contributed by atoms with E-state index in [1.807, 2.05) is 18.2 Å². The number of methoxy groups -OCH3 is 1. The Kier molecular flexibility index (Phi) is 6.10. The molecule has 2 fully saturated rings. The van der Waals surface area contributed by atoms with Crippen molar-refractivity contribution >= 4 is 56.4 Å². The van der Waals surface area contributed by atoms with Crippen molar-refractivity contribution in [2.24, 2.45) is 0 Å². The number of hydrogen-bond donors (Lipinski definition) is 1. The van der Waals surface area contributed by atoms with Gasteiger partial charge in [-0.05, 0) is 53.0 Å². The normalized spacial score (nSPS) is 19.3. The third kappa shape index (κ3) is 4.22. The smallest absolute Gasteiger partial charge is 0.261 e. The first-order valence-corrected chi connectivity index (χ1v) is 11.4. The zero-order valence-corrected chi connectivity index (χ0v) is 18.9. The van der Waals surface area contributed by atoms with Crippen molar-refractivity contribution in [1.82, 2.24) is 5.32 Å². The number of nitrogens with zero attached hydrogens (tertiary/aromatic N) is 2. The zero-order chi connectivity index (χ0) is 21.3. The van der Waals surface area contributed by atoms with E-state index >= 15 is 0 Å². The first-order chi connectivity index (χ1) is 14.5. The van der Waals surface area contributed by atoms with Gasteiger partial charge in [0.15, 0.2) is 0 Å². The SMILES string of the molecule is COc1cc(N2C[C@H](NC(=O)c3ccc(Br)s3)CC2=O)ccc1N1CCCCC1=O. The standard InChI is InChI=1S/C21H22BrN3O4S/c1-29-16-11-14(5-6-15(16)24-9-3-2-4-19(24)26)25-12-13(10-20(25)27)23-21(28)17-7-8-18(22)30-17/h5-8,11,13H,2-4,9-10,12H2,1H3,(H,23,28)/t13-/m1/s1. The predicted octanol–water partition coefficient (Wildman–Crippen LogP) is 3.57. The van der Waals surface area contributed by atoms with E-state index in [0.717, 1.165) is 22.3 Å². The van der Waals surface area contributed by atoms with Gasteiger partial charge in [0.25, 0.3) is 5.91 Å². The fourth-order valence-corrected chi connectivity index (χ4v) is 5.15. The number of piperidine rings is 1. The van der Waals surface area contributed by atoms with E-state index in [4.69, 9.17) is 4.74 Å². The van der Waals surface area contributed by atoms with Gasteiger partial charge in [0, 0.05) is 37.7 Å². The van der Waals surface area contributed by atoms with E-state index in [-0.39, 0.29) is 30.2 Å². The van der Waals surface area contributed by atoms with Gasteiger partial charge in [0.05, 0.1) is 27.5 Å². The van der Waals surface area contributed by atoms with Gasteiger partial charge in [0.1, 0.15) is 5.75 Å². The van der Waals surface area contributed by atoms with Crippen molar-refractivity contribution in [2.45, 2.75) is 31.7 Å². The van der Waals surface area contributed by atoms with E-state index in [2.05, 4.69) is 21.2 Å². The van der Waals surface area contributed by atoms with Crippen molar-refractivity contribution in [3.05, 3.63) is 39.0 Å². The Bertz CT molecular complexity index is 992. The molecule has 0 radical (unpaired) electrons. The van der Waals surface area contributed by atoms with Gasteiger partial charge in [-0.15, -0.1) is 11.3 Å². The minimum atomic E-state index is -0.264. The quantitative estimate of drug-likeness (QED) is 0.693. The Morgan fingerprint density at radius 3 is 2.70 bits per heavy atom. The van der Waals surface area contributed by atoms with Crippen molar-refractivity contribution in [1.29, 1.82) is 0 Å². The molecule has 2 aliphatic rings. The lowest BCUT2D eigenvalue weighted by atomic mass is 10.1. The van der Waals surface area contributed by atoms with Crippen LogP contribution < -0.4 is 19.9 Å². The maximum atomic E-state index is 12.6. The lowest BCUT2D eigenvalue weighted by Gasteiger charge is -2.29. The average Bonchev–Trinajstić information content (AvgIpc) is 3.33. The van der Waals surface area contributed by atoms with Crippen LogP contribution in [0.25, 0.3) is 0 Å². The van der Waals surface area contributed by atoms with Crippen molar-refractivity contribution in [3.63, 3.8) is 0 Å². The highest BCUT2D eigenvalue weighted by atomic mass is 79.9. The third-order valence-corrected chi connectivity index (χ3v) is 6.97. The molecule has 1 N–H and O–H groups in total. The summed E-state index contributed by atoms with van der Waals surface area (Å²) in [4.78, 5) is 41.3. The Hall–Kier alpha value is -2.39. The van der Waals surface area contributed by atoms with E-state index in [0.29, 0.717) is 35.8 Å². The molecule has 3 amide bonds. The molecule has 0 unspecified atom stereocenters. The van der Waals surface area contributed by atoms with Gasteiger partial charge in [-0.3, -0.25) is 14.4 Å². The molecule has 2 saturated heterocycles. The molecule has 3 heterocycles. The second kappa shape index (κ2) is 8.77. The van der Waals surface area contributed by atoms with Crippen molar-refractivity contribution in [3.8, 4) is 5.75 Å². The van der Waals surface area contributed by atoms with E-state index in [1.54, 1.807) is 29.0 Å². The number of carbonyl (C=O) groups excluding carboxylic acids is 3. The maximum absolute atomic E-state index is 12.6. The number of nitrogens with one attached hydrogen (secondary N) is 1. The van der Waals surface area contributed by atoms with Crippen LogP contribution in [-0.2, 0) is 9.59 Å². The molecule has 0 saturated carbocycles. The predicted molar refractivity (Wildman–Crippen MR) is 119 cm³/mol. The number of carbonyl (C=O) groups is 3. The van der Waals surface area contributed by atoms with Gasteiger partial charge in [0.2, 0.25) is 11.8 Å². The minimum absolute atomic E-state index is 0.0588. The maximum Gasteiger partial charge on any atom is 0.261 e. The molecular weight excluding hydrogens is 470 g/mol. The summed E-state index contributed by atoms with van der Waals surface area (Å²) in [6.45, 7) is 1.06. The van der Waals surface area contributed by atoms with Crippen LogP contribution >= 0.6 is 27.3 Å². The summed E-state index contributed by atoms with van der Waals surface area (Å²) in [6.07, 6.45) is 2.65. The van der Waals surface area contributed by atoms with Crippen LogP contribution in [-0.4, -0.2) is 44.0 Å². The number of halogens is 1. The molecule has 4 rings (SSSR count). The summed E-state index contributed by atoms with van der Waals surface area (Å²) in [6, 6.07) is 8.77. The van der Waals surface area contributed by atoms with Crippen LogP contribution in [0.15, 0.2) is 34.1 Å². The topological polar surface area (TPSA) is 79.0 Å². The largest absolute Gasteiger partial charge is 0.494 e. The van der Waals surface area contributed by atoms with E-state index in [1.165, 1.54) is 11.3 Å².